The molecular weight excluding hydrogens is 1140 g/mol. The molecule has 0 aromatic rings. The summed E-state index contributed by atoms with van der Waals surface area (Å²) in [6, 6.07) is 0. The Balaban J connectivity index is 5.25. The van der Waals surface area contributed by atoms with Crippen LogP contribution in [0.3, 0.4) is 0 Å². The van der Waals surface area contributed by atoms with Crippen LogP contribution in [0.2, 0.25) is 0 Å². The van der Waals surface area contributed by atoms with Gasteiger partial charge in [-0.1, -0.05) is 280 Å². The summed E-state index contributed by atoms with van der Waals surface area (Å²) >= 11 is 0. The second-order valence-electron chi connectivity index (χ2n) is 25.2. The SMILES string of the molecule is CCCCCCCCCCCCCCCCCC(=O)O[C@H](COC(=O)CCCCCCCCCCC(C)CC)COP(=O)(O)OC[C@@H](O)COP(=O)(O)OC[C@@H](COC(=O)CCCCCCCCC(C)C)OC(=O)CCCCCCCCC(C)CC. The van der Waals surface area contributed by atoms with Crippen molar-refractivity contribution in [3.63, 3.8) is 0 Å². The lowest BCUT2D eigenvalue weighted by Crippen LogP contribution is -2.30. The molecule has 7 atom stereocenters. The Kier molecular flexibility index (Phi) is 56.9. The number of carbonyl (C=O) groups excluding carboxylic acids is 4. The van der Waals surface area contributed by atoms with E-state index in [4.69, 9.17) is 37.0 Å². The lowest BCUT2D eigenvalue weighted by atomic mass is 9.99. The van der Waals surface area contributed by atoms with Crippen LogP contribution in [0.1, 0.15) is 331 Å². The molecule has 19 heteroatoms. The van der Waals surface area contributed by atoms with Crippen LogP contribution in [-0.2, 0) is 65.4 Å². The van der Waals surface area contributed by atoms with Gasteiger partial charge in [0.1, 0.15) is 19.3 Å². The molecule has 0 aliphatic carbocycles. The Morgan fingerprint density at radius 2 is 0.593 bits per heavy atom. The molecule has 0 bridgehead atoms. The van der Waals surface area contributed by atoms with Crippen LogP contribution in [0.25, 0.3) is 0 Å². The second kappa shape index (κ2) is 58.2. The molecule has 86 heavy (non-hydrogen) atoms. The fourth-order valence-electron chi connectivity index (χ4n) is 9.95. The van der Waals surface area contributed by atoms with Gasteiger partial charge < -0.3 is 33.8 Å². The van der Waals surface area contributed by atoms with E-state index in [2.05, 4.69) is 48.5 Å². The van der Waals surface area contributed by atoms with Gasteiger partial charge in [-0.25, -0.2) is 9.13 Å². The molecule has 3 N–H and O–H groups in total. The van der Waals surface area contributed by atoms with Crippen LogP contribution in [0.15, 0.2) is 0 Å². The molecule has 0 aliphatic heterocycles. The van der Waals surface area contributed by atoms with Crippen LogP contribution in [-0.4, -0.2) is 96.7 Å². The molecular formula is C67H130O17P2. The van der Waals surface area contributed by atoms with Crippen LogP contribution < -0.4 is 0 Å². The zero-order chi connectivity index (χ0) is 63.8. The molecule has 0 radical (unpaired) electrons. The molecule has 0 fully saturated rings. The lowest BCUT2D eigenvalue weighted by molar-refractivity contribution is -0.161. The van der Waals surface area contributed by atoms with Gasteiger partial charge in [0.05, 0.1) is 26.4 Å². The van der Waals surface area contributed by atoms with Crippen molar-refractivity contribution in [2.45, 2.75) is 349 Å². The van der Waals surface area contributed by atoms with E-state index in [0.717, 1.165) is 108 Å². The molecule has 0 amide bonds. The third-order valence-electron chi connectivity index (χ3n) is 16.1. The van der Waals surface area contributed by atoms with Crippen molar-refractivity contribution < 1.29 is 80.2 Å². The average molecular weight is 1270 g/mol. The van der Waals surface area contributed by atoms with Crippen molar-refractivity contribution >= 4 is 39.5 Å². The van der Waals surface area contributed by atoms with Gasteiger partial charge in [-0.2, -0.15) is 0 Å². The molecule has 0 spiro atoms. The van der Waals surface area contributed by atoms with Crippen LogP contribution in [0, 0.1) is 17.8 Å². The molecule has 0 rings (SSSR count). The highest BCUT2D eigenvalue weighted by Crippen LogP contribution is 2.45. The molecule has 0 aromatic carbocycles. The van der Waals surface area contributed by atoms with Crippen LogP contribution in [0.5, 0.6) is 0 Å². The molecule has 0 saturated heterocycles. The molecule has 0 aromatic heterocycles. The van der Waals surface area contributed by atoms with Gasteiger partial charge >= 0.3 is 39.5 Å². The first-order chi connectivity index (χ1) is 41.3. The summed E-state index contributed by atoms with van der Waals surface area (Å²) in [4.78, 5) is 72.3. The Morgan fingerprint density at radius 3 is 0.884 bits per heavy atom. The van der Waals surface area contributed by atoms with E-state index < -0.39 is 97.5 Å². The van der Waals surface area contributed by atoms with E-state index >= 15 is 0 Å². The smallest absolute Gasteiger partial charge is 0.462 e. The van der Waals surface area contributed by atoms with E-state index in [1.165, 1.54) is 135 Å². The Morgan fingerprint density at radius 1 is 0.337 bits per heavy atom. The van der Waals surface area contributed by atoms with Crippen molar-refractivity contribution in [2.24, 2.45) is 17.8 Å². The number of carbonyl (C=O) groups is 4. The summed E-state index contributed by atoms with van der Waals surface area (Å²) in [5.41, 5.74) is 0. The molecule has 0 heterocycles. The second-order valence-corrected chi connectivity index (χ2v) is 28.1. The summed E-state index contributed by atoms with van der Waals surface area (Å²) in [6.45, 7) is 11.7. The van der Waals surface area contributed by atoms with Gasteiger partial charge in [0, 0.05) is 25.7 Å². The molecule has 17 nitrogen and oxygen atoms in total. The van der Waals surface area contributed by atoms with Crippen molar-refractivity contribution in [3.8, 4) is 0 Å². The number of hydrogen-bond acceptors (Lipinski definition) is 15. The maximum Gasteiger partial charge on any atom is 0.472 e. The first kappa shape index (κ1) is 84.1. The fourth-order valence-corrected chi connectivity index (χ4v) is 11.5. The van der Waals surface area contributed by atoms with Crippen LogP contribution >= 0.6 is 15.6 Å². The molecule has 4 unspecified atom stereocenters. The van der Waals surface area contributed by atoms with E-state index in [1.54, 1.807) is 0 Å². The first-order valence-corrected chi connectivity index (χ1v) is 37.9. The van der Waals surface area contributed by atoms with Crippen molar-refractivity contribution in [3.05, 3.63) is 0 Å². The Hall–Kier alpha value is -1.94. The third-order valence-corrected chi connectivity index (χ3v) is 18.0. The zero-order valence-corrected chi connectivity index (χ0v) is 57.6. The zero-order valence-electron chi connectivity index (χ0n) is 55.8. The van der Waals surface area contributed by atoms with Crippen molar-refractivity contribution in [2.75, 3.05) is 39.6 Å². The topological polar surface area (TPSA) is 237 Å². The predicted octanol–water partition coefficient (Wildman–Crippen LogP) is 18.7. The van der Waals surface area contributed by atoms with Gasteiger partial charge in [0.2, 0.25) is 0 Å². The number of aliphatic hydroxyl groups is 1. The number of unbranched alkanes of at least 4 members (excludes halogenated alkanes) is 31. The number of aliphatic hydroxyl groups excluding tert-OH is 1. The third kappa shape index (κ3) is 58.4. The minimum atomic E-state index is -4.95. The van der Waals surface area contributed by atoms with E-state index in [-0.39, 0.29) is 25.7 Å². The quantitative estimate of drug-likeness (QED) is 0.0222. The van der Waals surface area contributed by atoms with Gasteiger partial charge in [-0.05, 0) is 43.4 Å². The molecule has 0 saturated carbocycles. The fraction of sp³-hybridized carbons (Fsp3) is 0.940. The molecule has 0 aliphatic rings. The predicted molar refractivity (Wildman–Crippen MR) is 344 cm³/mol. The number of ether oxygens (including phenoxy) is 4. The van der Waals surface area contributed by atoms with Gasteiger partial charge in [-0.3, -0.25) is 37.3 Å². The van der Waals surface area contributed by atoms with Gasteiger partial charge in [0.25, 0.3) is 0 Å². The standard InChI is InChI=1S/C67H130O17P2/c1-8-11-12-13-14-15-16-17-18-19-20-21-26-36-43-50-66(71)83-62(54-77-64(69)48-41-34-25-23-22-24-32-39-46-59(6)9-2)56-81-85(73,74)79-52-61(68)53-80-86(75,76)82-57-63(55-78-65(70)49-42-35-29-27-31-38-45-58(4)5)84-67(72)51-44-37-30-28-33-40-47-60(7)10-3/h58-63,68H,8-57H2,1-7H3,(H,73,74)(H,75,76)/t59?,60?,61-,62-,63-/m1/s1. The van der Waals surface area contributed by atoms with Crippen molar-refractivity contribution in [1.29, 1.82) is 0 Å². The number of phosphoric ester groups is 2. The van der Waals surface area contributed by atoms with Gasteiger partial charge in [-0.15, -0.1) is 0 Å². The van der Waals surface area contributed by atoms with Crippen LogP contribution in [0.4, 0.5) is 0 Å². The highest BCUT2D eigenvalue weighted by molar-refractivity contribution is 7.47. The Labute approximate surface area is 524 Å². The lowest BCUT2D eigenvalue weighted by Gasteiger charge is -2.21. The highest BCUT2D eigenvalue weighted by atomic mass is 31.2. The summed E-state index contributed by atoms with van der Waals surface area (Å²) in [6.07, 6.45) is 40.4. The van der Waals surface area contributed by atoms with E-state index in [0.29, 0.717) is 31.6 Å². The Bertz CT molecular complexity index is 1700. The monoisotopic (exact) mass is 1270 g/mol. The number of hydrogen-bond donors (Lipinski definition) is 3. The largest absolute Gasteiger partial charge is 0.472 e. The normalized spacial score (nSPS) is 14.9. The summed E-state index contributed by atoms with van der Waals surface area (Å²) in [7, 11) is -9.89. The highest BCUT2D eigenvalue weighted by Gasteiger charge is 2.30. The maximum absolute atomic E-state index is 13.0. The molecule has 510 valence electrons. The minimum Gasteiger partial charge on any atom is -0.462 e. The summed E-state index contributed by atoms with van der Waals surface area (Å²) in [5, 5.41) is 10.6. The number of esters is 4. The number of rotatable bonds is 65. The summed E-state index contributed by atoms with van der Waals surface area (Å²) < 4.78 is 68.1. The van der Waals surface area contributed by atoms with E-state index in [1.807, 2.05) is 0 Å². The van der Waals surface area contributed by atoms with Gasteiger partial charge in [0.15, 0.2) is 12.2 Å². The average Bonchev–Trinajstić information content (AvgIpc) is 3.65. The van der Waals surface area contributed by atoms with E-state index in [9.17, 15) is 43.2 Å². The maximum atomic E-state index is 13.0. The van der Waals surface area contributed by atoms with Crippen molar-refractivity contribution in [1.82, 2.24) is 0 Å². The first-order valence-electron chi connectivity index (χ1n) is 34.9. The number of phosphoric acid groups is 2. The summed E-state index contributed by atoms with van der Waals surface area (Å²) in [5.74, 6) is 0.0423. The minimum absolute atomic E-state index is 0.102.